The van der Waals surface area contributed by atoms with Gasteiger partial charge >= 0.3 is 0 Å². The van der Waals surface area contributed by atoms with Crippen molar-refractivity contribution in [3.05, 3.63) is 48.2 Å². The summed E-state index contributed by atoms with van der Waals surface area (Å²) in [4.78, 5) is 9.41. The normalized spacial score (nSPS) is 20.4. The number of anilines is 1. The Labute approximate surface area is 142 Å². The molecule has 24 heavy (non-hydrogen) atoms. The van der Waals surface area contributed by atoms with Crippen molar-refractivity contribution in [3.8, 4) is 11.5 Å². The van der Waals surface area contributed by atoms with E-state index in [0.29, 0.717) is 12.8 Å². The maximum atomic E-state index is 5.47. The lowest BCUT2D eigenvalue weighted by Gasteiger charge is -2.40. The fraction of sp³-hybridized carbons (Fsp3) is 0.421. The predicted molar refractivity (Wildman–Crippen MR) is 93.8 cm³/mol. The fourth-order valence-electron chi connectivity index (χ4n) is 3.45. The highest BCUT2D eigenvalue weighted by Gasteiger charge is 2.24. The molecule has 4 rings (SSSR count). The van der Waals surface area contributed by atoms with Crippen LogP contribution in [0.2, 0.25) is 0 Å². The van der Waals surface area contributed by atoms with E-state index in [4.69, 9.17) is 9.47 Å². The second-order valence-corrected chi connectivity index (χ2v) is 6.46. The van der Waals surface area contributed by atoms with Crippen LogP contribution in [-0.4, -0.2) is 48.9 Å². The number of rotatable bonds is 4. The maximum absolute atomic E-state index is 5.47. The van der Waals surface area contributed by atoms with E-state index in [1.54, 1.807) is 0 Å². The summed E-state index contributed by atoms with van der Waals surface area (Å²) in [6, 6.07) is 12.9. The minimum absolute atomic E-state index is 0.339. The van der Waals surface area contributed by atoms with Gasteiger partial charge in [0.1, 0.15) is 5.82 Å². The van der Waals surface area contributed by atoms with Gasteiger partial charge in [-0.2, -0.15) is 0 Å². The molecule has 1 aromatic heterocycles. The molecule has 2 aromatic rings. The van der Waals surface area contributed by atoms with Gasteiger partial charge in [0.05, 0.1) is 0 Å². The van der Waals surface area contributed by atoms with E-state index >= 15 is 0 Å². The van der Waals surface area contributed by atoms with E-state index in [9.17, 15) is 0 Å². The number of hydrogen-bond acceptors (Lipinski definition) is 5. The molecule has 0 spiro atoms. The Kier molecular flexibility index (Phi) is 4.26. The van der Waals surface area contributed by atoms with E-state index in [1.165, 1.54) is 5.56 Å². The van der Waals surface area contributed by atoms with Gasteiger partial charge in [-0.05, 0) is 43.2 Å². The molecule has 1 atom stereocenters. The fourth-order valence-corrected chi connectivity index (χ4v) is 3.45. The third-order valence-electron chi connectivity index (χ3n) is 4.86. The van der Waals surface area contributed by atoms with Gasteiger partial charge in [-0.25, -0.2) is 4.98 Å². The highest BCUT2D eigenvalue weighted by Crippen LogP contribution is 2.32. The summed E-state index contributed by atoms with van der Waals surface area (Å²) >= 11 is 0. The Morgan fingerprint density at radius 2 is 2.04 bits per heavy atom. The molecule has 0 amide bonds. The third kappa shape index (κ3) is 3.17. The second kappa shape index (κ2) is 6.69. The molecule has 1 unspecified atom stereocenters. The van der Waals surface area contributed by atoms with Crippen molar-refractivity contribution in [1.29, 1.82) is 0 Å². The number of pyridine rings is 1. The van der Waals surface area contributed by atoms with Crippen molar-refractivity contribution in [2.45, 2.75) is 19.4 Å². The Balaban J connectivity index is 1.33. The summed E-state index contributed by atoms with van der Waals surface area (Å²) in [5.41, 5.74) is 1.30. The Morgan fingerprint density at radius 3 is 2.88 bits per heavy atom. The number of piperazine rings is 1. The van der Waals surface area contributed by atoms with Crippen LogP contribution in [0.4, 0.5) is 5.82 Å². The SMILES string of the molecule is CC1CN(c2ccccn2)CCN1CCc1ccc2c(c1)OCO2. The van der Waals surface area contributed by atoms with E-state index in [-0.39, 0.29) is 0 Å². The highest BCUT2D eigenvalue weighted by molar-refractivity contribution is 5.44. The zero-order chi connectivity index (χ0) is 16.4. The number of nitrogens with zero attached hydrogens (tertiary/aromatic N) is 3. The maximum Gasteiger partial charge on any atom is 0.231 e. The van der Waals surface area contributed by atoms with Crippen LogP contribution in [0.25, 0.3) is 0 Å². The van der Waals surface area contributed by atoms with Gasteiger partial charge in [-0.1, -0.05) is 12.1 Å². The van der Waals surface area contributed by atoms with Crippen LogP contribution in [0.3, 0.4) is 0 Å². The molecule has 0 radical (unpaired) electrons. The topological polar surface area (TPSA) is 37.8 Å². The molecule has 0 N–H and O–H groups in total. The van der Waals surface area contributed by atoms with Crippen LogP contribution < -0.4 is 14.4 Å². The van der Waals surface area contributed by atoms with Gasteiger partial charge in [0, 0.05) is 38.4 Å². The summed E-state index contributed by atoms with van der Waals surface area (Å²) in [7, 11) is 0. The molecular weight excluding hydrogens is 302 g/mol. The lowest BCUT2D eigenvalue weighted by Crippen LogP contribution is -2.52. The van der Waals surface area contributed by atoms with Gasteiger partial charge in [-0.15, -0.1) is 0 Å². The van der Waals surface area contributed by atoms with E-state index in [1.807, 2.05) is 18.3 Å². The van der Waals surface area contributed by atoms with Crippen LogP contribution in [0, 0.1) is 0 Å². The largest absolute Gasteiger partial charge is 0.454 e. The Hall–Kier alpha value is -2.27. The molecule has 2 aliphatic rings. The molecule has 0 saturated carbocycles. The molecule has 1 fully saturated rings. The summed E-state index contributed by atoms with van der Waals surface area (Å²) in [6.45, 7) is 6.83. The smallest absolute Gasteiger partial charge is 0.231 e. The zero-order valence-corrected chi connectivity index (χ0v) is 14.0. The van der Waals surface area contributed by atoms with Crippen LogP contribution in [-0.2, 0) is 6.42 Å². The predicted octanol–water partition coefficient (Wildman–Crippen LogP) is 2.56. The molecule has 1 saturated heterocycles. The van der Waals surface area contributed by atoms with Gasteiger partial charge < -0.3 is 14.4 Å². The van der Waals surface area contributed by atoms with Gasteiger partial charge in [0.2, 0.25) is 6.79 Å². The van der Waals surface area contributed by atoms with Crippen LogP contribution >= 0.6 is 0 Å². The first-order valence-electron chi connectivity index (χ1n) is 8.58. The summed E-state index contributed by atoms with van der Waals surface area (Å²) in [5.74, 6) is 2.82. The number of fused-ring (bicyclic) bond motifs is 1. The van der Waals surface area contributed by atoms with E-state index in [0.717, 1.165) is 49.9 Å². The molecule has 1 aromatic carbocycles. The van der Waals surface area contributed by atoms with E-state index < -0.39 is 0 Å². The third-order valence-corrected chi connectivity index (χ3v) is 4.86. The summed E-state index contributed by atoms with van der Waals surface area (Å²) in [5, 5.41) is 0. The van der Waals surface area contributed by atoms with Crippen molar-refractivity contribution >= 4 is 5.82 Å². The first kappa shape index (κ1) is 15.3. The molecular formula is C19H23N3O2. The number of ether oxygens (including phenoxy) is 2. The Bertz CT molecular complexity index is 692. The monoisotopic (exact) mass is 325 g/mol. The minimum atomic E-state index is 0.339. The van der Waals surface area contributed by atoms with Crippen molar-refractivity contribution in [1.82, 2.24) is 9.88 Å². The summed E-state index contributed by atoms with van der Waals surface area (Å²) < 4.78 is 10.8. The molecule has 5 heteroatoms. The van der Waals surface area contributed by atoms with Gasteiger partial charge in [0.15, 0.2) is 11.5 Å². The lowest BCUT2D eigenvalue weighted by molar-refractivity contribution is 0.174. The Morgan fingerprint density at radius 1 is 1.12 bits per heavy atom. The molecule has 0 bridgehead atoms. The van der Waals surface area contributed by atoms with E-state index in [2.05, 4.69) is 46.0 Å². The van der Waals surface area contributed by atoms with Crippen LogP contribution in [0.5, 0.6) is 11.5 Å². The number of benzene rings is 1. The highest BCUT2D eigenvalue weighted by atomic mass is 16.7. The zero-order valence-electron chi connectivity index (χ0n) is 14.0. The molecule has 3 heterocycles. The lowest BCUT2D eigenvalue weighted by atomic mass is 10.1. The standard InChI is InChI=1S/C19H23N3O2/c1-15-13-22(19-4-2-3-8-20-19)11-10-21(15)9-7-16-5-6-17-18(12-16)24-14-23-17/h2-6,8,12,15H,7,9-11,13-14H2,1H3. The molecule has 2 aliphatic heterocycles. The number of aromatic nitrogens is 1. The minimum Gasteiger partial charge on any atom is -0.454 e. The first-order chi connectivity index (χ1) is 11.8. The second-order valence-electron chi connectivity index (χ2n) is 6.46. The van der Waals surface area contributed by atoms with Gasteiger partial charge in [0.25, 0.3) is 0 Å². The van der Waals surface area contributed by atoms with Crippen molar-refractivity contribution < 1.29 is 9.47 Å². The molecule has 0 aliphatic carbocycles. The van der Waals surface area contributed by atoms with Crippen LogP contribution in [0.15, 0.2) is 42.6 Å². The average Bonchev–Trinajstić information content (AvgIpc) is 3.09. The molecule has 126 valence electrons. The van der Waals surface area contributed by atoms with Crippen molar-refractivity contribution in [3.63, 3.8) is 0 Å². The average molecular weight is 325 g/mol. The van der Waals surface area contributed by atoms with Crippen molar-refractivity contribution in [2.24, 2.45) is 0 Å². The first-order valence-corrected chi connectivity index (χ1v) is 8.58. The summed E-state index contributed by atoms with van der Waals surface area (Å²) in [6.07, 6.45) is 2.90. The molecule has 5 nitrogen and oxygen atoms in total. The number of hydrogen-bond donors (Lipinski definition) is 0. The van der Waals surface area contributed by atoms with Crippen molar-refractivity contribution in [2.75, 3.05) is 37.9 Å². The quantitative estimate of drug-likeness (QED) is 0.864. The van der Waals surface area contributed by atoms with Gasteiger partial charge in [-0.3, -0.25) is 4.90 Å². The van der Waals surface area contributed by atoms with Crippen LogP contribution in [0.1, 0.15) is 12.5 Å².